The Labute approximate surface area is 98.7 Å². The number of aromatic nitrogens is 2. The molecule has 2 nitrogen and oxygen atoms in total. The van der Waals surface area contributed by atoms with Crippen LogP contribution in [0.3, 0.4) is 0 Å². The van der Waals surface area contributed by atoms with E-state index in [1.807, 2.05) is 6.92 Å². The van der Waals surface area contributed by atoms with Crippen LogP contribution in [-0.2, 0) is 6.48 Å². The summed E-state index contributed by atoms with van der Waals surface area (Å²) >= 11 is 0. The molecule has 1 aromatic heterocycles. The first-order chi connectivity index (χ1) is 5.34. The zero-order valence-electron chi connectivity index (χ0n) is 6.22. The van der Waals surface area contributed by atoms with E-state index in [2.05, 4.69) is 9.97 Å². The molecule has 0 unspecified atom stereocenters. The minimum atomic E-state index is -5.22. The topological polar surface area (TPSA) is 28.7 Å². The average Bonchev–Trinajstić information content (AvgIpc) is 2.07. The number of rotatable bonds is 0. The van der Waals surface area contributed by atoms with Gasteiger partial charge in [0.15, 0.2) is 0 Å². The molecule has 0 spiro atoms. The monoisotopic (exact) mass is 394 g/mol. The maximum atomic E-state index is 5.04. The predicted molar refractivity (Wildman–Crippen MR) is 58.4 cm³/mol. The van der Waals surface area contributed by atoms with Gasteiger partial charge in [0.2, 0.25) is 0 Å². The van der Waals surface area contributed by atoms with Crippen molar-refractivity contribution in [3.8, 4) is 0 Å². The van der Waals surface area contributed by atoms with E-state index in [1.165, 1.54) is 0 Å². The van der Waals surface area contributed by atoms with Gasteiger partial charge in [-0.25, -0.2) is 4.98 Å². The van der Waals surface area contributed by atoms with Crippen molar-refractivity contribution < 1.29 is 6.48 Å². The van der Waals surface area contributed by atoms with Crippen LogP contribution in [0.25, 0.3) is 0 Å². The van der Waals surface area contributed by atoms with E-state index in [4.69, 9.17) is 58.1 Å². The average molecular weight is 396 g/mol. The number of imidazole rings is 1. The summed E-state index contributed by atoms with van der Waals surface area (Å²) in [6.45, 7) is -3.25. The third kappa shape index (κ3) is 24.7. The third-order valence-corrected chi connectivity index (χ3v) is 0.635. The fraction of sp³-hybridized carbons (Fsp3) is 0.250. The molecule has 1 N–H and O–H groups in total. The minimum absolute atomic E-state index is 1.11. The molecule has 0 bridgehead atoms. The number of halogens is 6. The quantitative estimate of drug-likeness (QED) is 0.625. The Morgan fingerprint density at radius 3 is 1.62 bits per heavy atom. The van der Waals surface area contributed by atoms with Gasteiger partial charge in [0.25, 0.3) is 0 Å². The van der Waals surface area contributed by atoms with Gasteiger partial charge >= 0.3 is 64.6 Å². The van der Waals surface area contributed by atoms with E-state index in [9.17, 15) is 0 Å². The van der Waals surface area contributed by atoms with Gasteiger partial charge < -0.3 is 4.98 Å². The molecule has 0 saturated carbocycles. The summed E-state index contributed by atoms with van der Waals surface area (Å²) in [5.41, 5.74) is 1.11. The van der Waals surface area contributed by atoms with Crippen molar-refractivity contribution in [1.82, 2.24) is 9.97 Å². The molecular weight excluding hydrogens is 390 g/mol. The van der Waals surface area contributed by atoms with Gasteiger partial charge in [0.05, 0.1) is 6.33 Å². The second kappa shape index (κ2) is 3.86. The number of hydrogen-bond acceptors (Lipinski definition) is 1. The Morgan fingerprint density at radius 2 is 1.54 bits per heavy atom. The van der Waals surface area contributed by atoms with Crippen LogP contribution in [0.5, 0.6) is 0 Å². The zero-order chi connectivity index (χ0) is 10.8. The van der Waals surface area contributed by atoms with Crippen molar-refractivity contribution in [3.05, 3.63) is 18.2 Å². The van der Waals surface area contributed by atoms with Gasteiger partial charge in [-0.05, 0) is 6.92 Å². The molecule has 1 heterocycles. The molecule has 0 fully saturated rings. The zero-order valence-corrected chi connectivity index (χ0v) is 12.5. The van der Waals surface area contributed by atoms with E-state index in [-0.39, 0.29) is 0 Å². The number of aryl methyl sites for hydroxylation is 1. The van der Waals surface area contributed by atoms with Crippen LogP contribution in [0.2, 0.25) is 0 Å². The van der Waals surface area contributed by atoms with Crippen LogP contribution in [0.15, 0.2) is 12.5 Å². The van der Waals surface area contributed by atoms with Gasteiger partial charge in [-0.3, -0.25) is 0 Å². The van der Waals surface area contributed by atoms with Gasteiger partial charge in [-0.2, -0.15) is 0 Å². The molecule has 0 aliphatic rings. The van der Waals surface area contributed by atoms with Gasteiger partial charge in [0.1, 0.15) is 0 Å². The normalized spacial score (nSPS) is 16.5. The van der Waals surface area contributed by atoms with E-state index < -0.39 is 6.48 Å². The van der Waals surface area contributed by atoms with E-state index in [0.717, 1.165) is 5.69 Å². The molecule has 0 atom stereocenters. The SMILES string of the molecule is Cc1cnc[nH]1.[Cl][Ru-3]([Cl])([Cl])([Cl])([Cl])[Cl]. The van der Waals surface area contributed by atoms with Crippen molar-refractivity contribution in [1.29, 1.82) is 0 Å². The first kappa shape index (κ1) is 14.6. The van der Waals surface area contributed by atoms with Gasteiger partial charge in [-0.15, -0.1) is 0 Å². The molecule has 0 aliphatic carbocycles. The second-order valence-corrected chi connectivity index (χ2v) is 41.6. The van der Waals surface area contributed by atoms with E-state index >= 15 is 0 Å². The number of nitrogens with zero attached hydrogens (tertiary/aromatic N) is 1. The van der Waals surface area contributed by atoms with Gasteiger partial charge in [-0.1, -0.05) is 0 Å². The second-order valence-electron chi connectivity index (χ2n) is 1.99. The van der Waals surface area contributed by atoms with Crippen molar-refractivity contribution >= 4 is 58.1 Å². The molecule has 13 heavy (non-hydrogen) atoms. The predicted octanol–water partition coefficient (Wildman–Crippen LogP) is 4.85. The molecule has 1 rings (SSSR count). The third-order valence-electron chi connectivity index (χ3n) is 0.635. The molecule has 0 aromatic carbocycles. The summed E-state index contributed by atoms with van der Waals surface area (Å²) in [5.74, 6) is 0. The fourth-order valence-corrected chi connectivity index (χ4v) is 0.325. The number of aromatic amines is 1. The summed E-state index contributed by atoms with van der Waals surface area (Å²) in [7, 11) is 30.3. The van der Waals surface area contributed by atoms with Crippen LogP contribution < -0.4 is 0 Å². The van der Waals surface area contributed by atoms with Gasteiger partial charge in [0, 0.05) is 11.9 Å². The first-order valence-electron chi connectivity index (χ1n) is 2.65. The maximum absolute atomic E-state index is 5.22. The Balaban J connectivity index is 0.000000223. The van der Waals surface area contributed by atoms with Crippen LogP contribution in [0.1, 0.15) is 5.69 Å². The molecule has 9 heteroatoms. The van der Waals surface area contributed by atoms with Crippen molar-refractivity contribution in [3.63, 3.8) is 0 Å². The van der Waals surface area contributed by atoms with E-state index in [0.29, 0.717) is 0 Å². The molecule has 0 aliphatic heterocycles. The standard InChI is InChI=1S/C4H6N2.6ClH.Ru/c1-4-2-5-3-6-4;;;;;;;/h2-3H,1H3,(H,5,6);6*1H;/q;;;;;;;+3/p-6. The van der Waals surface area contributed by atoms with Crippen molar-refractivity contribution in [2.45, 2.75) is 6.92 Å². The number of H-pyrrole nitrogens is 1. The summed E-state index contributed by atoms with van der Waals surface area (Å²) < 4.78 is 0. The van der Waals surface area contributed by atoms with Crippen LogP contribution in [0.4, 0.5) is 0 Å². The summed E-state index contributed by atoms with van der Waals surface area (Å²) in [6.07, 6.45) is 3.44. The summed E-state index contributed by atoms with van der Waals surface area (Å²) in [4.78, 5) is 6.66. The number of nitrogens with one attached hydrogen (secondary N) is 1. The summed E-state index contributed by atoms with van der Waals surface area (Å²) in [5, 5.41) is 0. The Kier molecular flexibility index (Phi) is 4.33. The number of hydrogen-bond donors (Lipinski definition) is 1. The summed E-state index contributed by atoms with van der Waals surface area (Å²) in [6, 6.07) is 0. The van der Waals surface area contributed by atoms with Crippen molar-refractivity contribution in [2.24, 2.45) is 0 Å². The molecular formula is C4H6Cl6N2Ru-3. The Hall–Kier alpha value is 1.57. The fourth-order valence-electron chi connectivity index (χ4n) is 0.325. The van der Waals surface area contributed by atoms with Crippen LogP contribution in [-0.4, -0.2) is 9.97 Å². The Bertz CT molecular complexity index is 247. The molecule has 0 saturated heterocycles. The first-order valence-corrected chi connectivity index (χ1v) is 16.1. The van der Waals surface area contributed by atoms with Crippen molar-refractivity contribution in [2.75, 3.05) is 0 Å². The Morgan fingerprint density at radius 1 is 1.15 bits per heavy atom. The molecule has 85 valence electrons. The van der Waals surface area contributed by atoms with Crippen LogP contribution in [0, 0.1) is 6.92 Å². The molecule has 0 radical (unpaired) electrons. The molecule has 0 amide bonds. The molecule has 1 aromatic rings. The van der Waals surface area contributed by atoms with Crippen LogP contribution >= 0.6 is 58.1 Å². The van der Waals surface area contributed by atoms with E-state index in [1.54, 1.807) is 12.5 Å².